The van der Waals surface area contributed by atoms with E-state index in [0.717, 1.165) is 25.8 Å². The van der Waals surface area contributed by atoms with E-state index in [1.54, 1.807) is 13.0 Å². The minimum absolute atomic E-state index is 0.278. The van der Waals surface area contributed by atoms with Gasteiger partial charge in [-0.1, -0.05) is 45.6 Å². The molecular formula is C17H33NO3. The summed E-state index contributed by atoms with van der Waals surface area (Å²) < 4.78 is 5.10. The first-order chi connectivity index (χ1) is 10.1. The molecule has 21 heavy (non-hydrogen) atoms. The lowest BCUT2D eigenvalue weighted by Crippen LogP contribution is -2.35. The fourth-order valence-electron chi connectivity index (χ4n) is 2.27. The third-order valence-corrected chi connectivity index (χ3v) is 3.35. The van der Waals surface area contributed by atoms with Gasteiger partial charge in [0.1, 0.15) is 6.61 Å². The molecule has 4 heteroatoms. The van der Waals surface area contributed by atoms with E-state index < -0.39 is 0 Å². The Kier molecular flexibility index (Phi) is 13.5. The summed E-state index contributed by atoms with van der Waals surface area (Å²) in [5, 5.41) is 10.1. The van der Waals surface area contributed by atoms with Crippen molar-refractivity contribution in [2.45, 2.75) is 65.4 Å². The molecule has 124 valence electrons. The van der Waals surface area contributed by atoms with Crippen LogP contribution in [0.3, 0.4) is 0 Å². The van der Waals surface area contributed by atoms with E-state index >= 15 is 0 Å². The third kappa shape index (κ3) is 12.6. The highest BCUT2D eigenvalue weighted by molar-refractivity contribution is 5.81. The molecule has 0 fully saturated rings. The molecule has 0 radical (unpaired) electrons. The Bertz CT molecular complexity index is 279. The number of allylic oxidation sites excluding steroid dienone is 1. The fourth-order valence-corrected chi connectivity index (χ4v) is 2.27. The summed E-state index contributed by atoms with van der Waals surface area (Å²) in [5.41, 5.74) is 0. The molecule has 0 spiro atoms. The minimum atomic E-state index is -0.297. The number of carbonyl (C=O) groups is 1. The first-order valence-electron chi connectivity index (χ1n) is 8.33. The van der Waals surface area contributed by atoms with Crippen molar-refractivity contribution in [1.82, 2.24) is 4.90 Å². The summed E-state index contributed by atoms with van der Waals surface area (Å²) in [7, 11) is 0. The SMILES string of the molecule is C/C=C/C(=O)OCCN(CCC)CC(O)CCCCCC. The molecule has 0 rings (SSSR count). The molecule has 0 aliphatic carbocycles. The van der Waals surface area contributed by atoms with Crippen LogP contribution in [0, 0.1) is 0 Å². The highest BCUT2D eigenvalue weighted by Gasteiger charge is 2.11. The maximum Gasteiger partial charge on any atom is 0.330 e. The van der Waals surface area contributed by atoms with Gasteiger partial charge in [0.15, 0.2) is 0 Å². The molecule has 0 aliphatic heterocycles. The number of hydrogen-bond acceptors (Lipinski definition) is 4. The van der Waals surface area contributed by atoms with Crippen LogP contribution >= 0.6 is 0 Å². The van der Waals surface area contributed by atoms with Crippen molar-refractivity contribution in [3.05, 3.63) is 12.2 Å². The Hall–Kier alpha value is -0.870. The molecule has 0 aliphatic rings. The molecule has 0 amide bonds. The van der Waals surface area contributed by atoms with E-state index in [9.17, 15) is 9.90 Å². The van der Waals surface area contributed by atoms with E-state index in [0.29, 0.717) is 19.7 Å². The van der Waals surface area contributed by atoms with Crippen LogP contribution in [0.4, 0.5) is 0 Å². The minimum Gasteiger partial charge on any atom is -0.461 e. The van der Waals surface area contributed by atoms with Crippen molar-refractivity contribution in [1.29, 1.82) is 0 Å². The van der Waals surface area contributed by atoms with Gasteiger partial charge >= 0.3 is 5.97 Å². The van der Waals surface area contributed by atoms with Crippen molar-refractivity contribution in [2.75, 3.05) is 26.2 Å². The zero-order valence-electron chi connectivity index (χ0n) is 14.0. The molecule has 4 nitrogen and oxygen atoms in total. The Morgan fingerprint density at radius 3 is 2.57 bits per heavy atom. The summed E-state index contributed by atoms with van der Waals surface area (Å²) in [6, 6.07) is 0. The number of aliphatic hydroxyl groups is 1. The van der Waals surface area contributed by atoms with Crippen LogP contribution in [0.2, 0.25) is 0 Å². The molecule has 1 N–H and O–H groups in total. The summed E-state index contributed by atoms with van der Waals surface area (Å²) in [4.78, 5) is 13.4. The molecule has 0 saturated carbocycles. The summed E-state index contributed by atoms with van der Waals surface area (Å²) in [5.74, 6) is -0.297. The van der Waals surface area contributed by atoms with Crippen LogP contribution in [0.5, 0.6) is 0 Å². The quantitative estimate of drug-likeness (QED) is 0.322. The average molecular weight is 299 g/mol. The van der Waals surface area contributed by atoms with E-state index in [1.165, 1.54) is 25.3 Å². The number of hydrogen-bond donors (Lipinski definition) is 1. The number of carbonyl (C=O) groups excluding carboxylic acids is 1. The number of ether oxygens (including phenoxy) is 1. The zero-order valence-corrected chi connectivity index (χ0v) is 14.0. The van der Waals surface area contributed by atoms with Crippen molar-refractivity contribution in [3.63, 3.8) is 0 Å². The Morgan fingerprint density at radius 1 is 1.19 bits per heavy atom. The van der Waals surface area contributed by atoms with Gasteiger partial charge in [-0.25, -0.2) is 4.79 Å². The van der Waals surface area contributed by atoms with Gasteiger partial charge < -0.3 is 9.84 Å². The zero-order chi connectivity index (χ0) is 15.9. The Labute approximate surface area is 130 Å². The highest BCUT2D eigenvalue weighted by Crippen LogP contribution is 2.07. The number of rotatable bonds is 13. The van der Waals surface area contributed by atoms with E-state index in [1.807, 2.05) is 0 Å². The normalized spacial score (nSPS) is 13.0. The topological polar surface area (TPSA) is 49.8 Å². The highest BCUT2D eigenvalue weighted by atomic mass is 16.5. The molecular weight excluding hydrogens is 266 g/mol. The largest absolute Gasteiger partial charge is 0.461 e. The maximum absolute atomic E-state index is 11.2. The van der Waals surface area contributed by atoms with E-state index in [-0.39, 0.29) is 12.1 Å². The first-order valence-corrected chi connectivity index (χ1v) is 8.33. The second-order valence-electron chi connectivity index (χ2n) is 5.47. The molecule has 0 aromatic rings. The molecule has 1 atom stereocenters. The van der Waals surface area contributed by atoms with Gasteiger partial charge in [-0.3, -0.25) is 4.90 Å². The second kappa shape index (κ2) is 14.1. The monoisotopic (exact) mass is 299 g/mol. The molecule has 1 unspecified atom stereocenters. The van der Waals surface area contributed by atoms with Crippen LogP contribution in [0.1, 0.15) is 59.3 Å². The van der Waals surface area contributed by atoms with Gasteiger partial charge in [-0.15, -0.1) is 0 Å². The van der Waals surface area contributed by atoms with Crippen molar-refractivity contribution in [3.8, 4) is 0 Å². The number of unbranched alkanes of at least 4 members (excludes halogenated alkanes) is 3. The molecule has 0 bridgehead atoms. The van der Waals surface area contributed by atoms with Gasteiger partial charge in [0.05, 0.1) is 6.10 Å². The predicted octanol–water partition coefficient (Wildman–Crippen LogP) is 3.15. The van der Waals surface area contributed by atoms with Gasteiger partial charge in [-0.05, 0) is 26.3 Å². The summed E-state index contributed by atoms with van der Waals surface area (Å²) in [6.07, 6.45) is 9.46. The van der Waals surface area contributed by atoms with E-state index in [4.69, 9.17) is 4.74 Å². The summed E-state index contributed by atoms with van der Waals surface area (Å²) in [6.45, 7) is 8.75. The van der Waals surface area contributed by atoms with Gasteiger partial charge in [0.2, 0.25) is 0 Å². The van der Waals surface area contributed by atoms with Crippen molar-refractivity contribution < 1.29 is 14.6 Å². The first kappa shape index (κ1) is 20.1. The second-order valence-corrected chi connectivity index (χ2v) is 5.47. The van der Waals surface area contributed by atoms with Crippen LogP contribution in [-0.4, -0.2) is 48.3 Å². The van der Waals surface area contributed by atoms with Crippen molar-refractivity contribution >= 4 is 5.97 Å². The van der Waals surface area contributed by atoms with Crippen LogP contribution < -0.4 is 0 Å². The van der Waals surface area contributed by atoms with Crippen LogP contribution in [-0.2, 0) is 9.53 Å². The number of esters is 1. The smallest absolute Gasteiger partial charge is 0.330 e. The fraction of sp³-hybridized carbons (Fsp3) is 0.824. The third-order valence-electron chi connectivity index (χ3n) is 3.35. The van der Waals surface area contributed by atoms with Crippen LogP contribution in [0.25, 0.3) is 0 Å². The van der Waals surface area contributed by atoms with Gasteiger partial charge in [0, 0.05) is 19.2 Å². The lowest BCUT2D eigenvalue weighted by Gasteiger charge is -2.24. The average Bonchev–Trinajstić information content (AvgIpc) is 2.44. The maximum atomic E-state index is 11.2. The van der Waals surface area contributed by atoms with Gasteiger partial charge in [0.25, 0.3) is 0 Å². The standard InChI is InChI=1S/C17H33NO3/c1-4-7-8-9-11-16(19)15-18(12-6-3)13-14-21-17(20)10-5-2/h5,10,16,19H,4,6-9,11-15H2,1-3H3/b10-5+. The molecule has 0 heterocycles. The molecule has 0 saturated heterocycles. The van der Waals surface area contributed by atoms with E-state index in [2.05, 4.69) is 18.7 Å². The van der Waals surface area contributed by atoms with Crippen molar-refractivity contribution in [2.24, 2.45) is 0 Å². The van der Waals surface area contributed by atoms with Gasteiger partial charge in [-0.2, -0.15) is 0 Å². The van der Waals surface area contributed by atoms with Crippen LogP contribution in [0.15, 0.2) is 12.2 Å². The Balaban J connectivity index is 3.91. The lowest BCUT2D eigenvalue weighted by atomic mass is 10.1. The molecule has 0 aromatic heterocycles. The number of nitrogens with zero attached hydrogens (tertiary/aromatic N) is 1. The predicted molar refractivity (Wildman–Crippen MR) is 87.3 cm³/mol. The molecule has 0 aromatic carbocycles. The number of aliphatic hydroxyl groups excluding tert-OH is 1. The lowest BCUT2D eigenvalue weighted by molar-refractivity contribution is -0.138. The summed E-state index contributed by atoms with van der Waals surface area (Å²) >= 11 is 0. The Morgan fingerprint density at radius 2 is 1.95 bits per heavy atom.